The van der Waals surface area contributed by atoms with E-state index in [1.54, 1.807) is 0 Å². The highest BCUT2D eigenvalue weighted by atomic mass is 16.5. The number of allylic oxidation sites excluding steroid dienone is 1. The molecule has 1 atom stereocenters. The van der Waals surface area contributed by atoms with E-state index in [9.17, 15) is 4.79 Å². The first-order valence-electron chi connectivity index (χ1n) is 6.54. The van der Waals surface area contributed by atoms with Crippen molar-refractivity contribution in [2.24, 2.45) is 0 Å². The van der Waals surface area contributed by atoms with Gasteiger partial charge in [-0.15, -0.1) is 0 Å². The van der Waals surface area contributed by atoms with Crippen molar-refractivity contribution in [2.75, 3.05) is 6.61 Å². The van der Waals surface area contributed by atoms with Crippen LogP contribution in [0.1, 0.15) is 39.4 Å². The third kappa shape index (κ3) is 5.71. The molecule has 1 aromatic rings. The highest BCUT2D eigenvalue weighted by Crippen LogP contribution is 2.18. The van der Waals surface area contributed by atoms with Crippen LogP contribution in [0.4, 0.5) is 0 Å². The van der Waals surface area contributed by atoms with Crippen molar-refractivity contribution >= 4 is 5.91 Å². The lowest BCUT2D eigenvalue weighted by Crippen LogP contribution is -2.43. The van der Waals surface area contributed by atoms with Crippen molar-refractivity contribution in [3.05, 3.63) is 48.0 Å². The van der Waals surface area contributed by atoms with Gasteiger partial charge in [0.25, 0.3) is 5.91 Å². The Balaban J connectivity index is 2.83. The van der Waals surface area contributed by atoms with Crippen molar-refractivity contribution in [2.45, 2.75) is 39.3 Å². The summed E-state index contributed by atoms with van der Waals surface area (Å²) in [4.78, 5) is 12.3. The molecule has 0 fully saturated rings. The molecule has 0 aromatic heterocycles. The molecule has 0 spiro atoms. The van der Waals surface area contributed by atoms with E-state index in [0.29, 0.717) is 6.61 Å². The van der Waals surface area contributed by atoms with E-state index >= 15 is 0 Å². The maximum atomic E-state index is 12.3. The number of hydrogen-bond donors (Lipinski definition) is 1. The lowest BCUT2D eigenvalue weighted by atomic mass is 10.1. The standard InChI is InChI=1S/C16H23NO2/c1-5-6-12-19-14(13-10-8-7-9-11-13)15(18)17-16(2,3)4/h5-11,14H,12H2,1-4H3,(H,17,18)/b6-5+. The average molecular weight is 261 g/mol. The van der Waals surface area contributed by atoms with Crippen molar-refractivity contribution in [3.63, 3.8) is 0 Å². The number of benzene rings is 1. The minimum Gasteiger partial charge on any atom is -0.360 e. The number of carbonyl (C=O) groups is 1. The maximum Gasteiger partial charge on any atom is 0.254 e. The smallest absolute Gasteiger partial charge is 0.254 e. The van der Waals surface area contributed by atoms with Crippen molar-refractivity contribution in [1.29, 1.82) is 0 Å². The number of amides is 1. The predicted molar refractivity (Wildman–Crippen MR) is 77.8 cm³/mol. The molecular formula is C16H23NO2. The van der Waals surface area contributed by atoms with E-state index in [1.807, 2.05) is 70.2 Å². The van der Waals surface area contributed by atoms with Gasteiger partial charge in [-0.2, -0.15) is 0 Å². The summed E-state index contributed by atoms with van der Waals surface area (Å²) in [5.74, 6) is -0.108. The molecule has 19 heavy (non-hydrogen) atoms. The van der Waals surface area contributed by atoms with Crippen LogP contribution in [0.25, 0.3) is 0 Å². The minimum atomic E-state index is -0.573. The van der Waals surface area contributed by atoms with Crippen molar-refractivity contribution < 1.29 is 9.53 Å². The van der Waals surface area contributed by atoms with Crippen LogP contribution in [0.3, 0.4) is 0 Å². The summed E-state index contributed by atoms with van der Waals surface area (Å²) in [6.45, 7) is 8.22. The first-order valence-corrected chi connectivity index (χ1v) is 6.54. The van der Waals surface area contributed by atoms with Gasteiger partial charge in [0.1, 0.15) is 0 Å². The third-order valence-electron chi connectivity index (χ3n) is 2.43. The Morgan fingerprint density at radius 1 is 1.32 bits per heavy atom. The molecule has 0 aliphatic rings. The predicted octanol–water partition coefficient (Wildman–Crippen LogP) is 3.24. The van der Waals surface area contributed by atoms with Gasteiger partial charge in [0.15, 0.2) is 6.10 Å². The van der Waals surface area contributed by atoms with Gasteiger partial charge in [-0.05, 0) is 33.3 Å². The molecule has 1 N–H and O–H groups in total. The van der Waals surface area contributed by atoms with Gasteiger partial charge in [-0.3, -0.25) is 4.79 Å². The van der Waals surface area contributed by atoms with Gasteiger partial charge in [0.05, 0.1) is 6.61 Å². The second-order valence-electron chi connectivity index (χ2n) is 5.43. The van der Waals surface area contributed by atoms with Crippen molar-refractivity contribution in [1.82, 2.24) is 5.32 Å². The van der Waals surface area contributed by atoms with Gasteiger partial charge in [-0.25, -0.2) is 0 Å². The molecule has 0 bridgehead atoms. The van der Waals surface area contributed by atoms with Crippen molar-refractivity contribution in [3.8, 4) is 0 Å². The number of carbonyl (C=O) groups excluding carboxylic acids is 1. The fourth-order valence-corrected chi connectivity index (χ4v) is 1.63. The second-order valence-corrected chi connectivity index (χ2v) is 5.43. The first kappa shape index (κ1) is 15.4. The summed E-state index contributed by atoms with van der Waals surface area (Å²) in [5.41, 5.74) is 0.599. The topological polar surface area (TPSA) is 38.3 Å². The molecule has 0 aliphatic carbocycles. The maximum absolute atomic E-state index is 12.3. The first-order chi connectivity index (χ1) is 8.94. The molecule has 3 nitrogen and oxygen atoms in total. The molecule has 0 heterocycles. The zero-order valence-electron chi connectivity index (χ0n) is 12.1. The average Bonchev–Trinajstić information content (AvgIpc) is 2.33. The Hall–Kier alpha value is -1.61. The Morgan fingerprint density at radius 2 is 1.95 bits per heavy atom. The molecule has 0 radical (unpaired) electrons. The Labute approximate surface area is 115 Å². The van der Waals surface area contributed by atoms with Crippen LogP contribution in [-0.2, 0) is 9.53 Å². The molecule has 0 aliphatic heterocycles. The van der Waals surface area contributed by atoms with Crippen LogP contribution < -0.4 is 5.32 Å². The quantitative estimate of drug-likeness (QED) is 0.826. The molecule has 1 amide bonds. The largest absolute Gasteiger partial charge is 0.360 e. The van der Waals surface area contributed by atoms with Crippen LogP contribution in [0.2, 0.25) is 0 Å². The van der Waals surface area contributed by atoms with E-state index in [-0.39, 0.29) is 11.4 Å². The van der Waals surface area contributed by atoms with Crippen LogP contribution >= 0.6 is 0 Å². The zero-order valence-corrected chi connectivity index (χ0v) is 12.1. The highest BCUT2D eigenvalue weighted by molar-refractivity contribution is 5.82. The van der Waals surface area contributed by atoms with Gasteiger partial charge in [0, 0.05) is 5.54 Å². The fraction of sp³-hybridized carbons (Fsp3) is 0.438. The van der Waals surface area contributed by atoms with Crippen LogP contribution in [-0.4, -0.2) is 18.1 Å². The molecule has 1 rings (SSSR count). The summed E-state index contributed by atoms with van der Waals surface area (Å²) in [7, 11) is 0. The van der Waals surface area contributed by atoms with E-state index in [2.05, 4.69) is 5.32 Å². The molecule has 1 aromatic carbocycles. The summed E-state index contributed by atoms with van der Waals surface area (Å²) in [5, 5.41) is 2.96. The van der Waals surface area contributed by atoms with E-state index in [0.717, 1.165) is 5.56 Å². The lowest BCUT2D eigenvalue weighted by Gasteiger charge is -2.25. The van der Waals surface area contributed by atoms with Crippen LogP contribution in [0, 0.1) is 0 Å². The van der Waals surface area contributed by atoms with Gasteiger partial charge in [-0.1, -0.05) is 42.5 Å². The molecule has 0 saturated heterocycles. The fourth-order valence-electron chi connectivity index (χ4n) is 1.63. The Bertz CT molecular complexity index is 418. The van der Waals surface area contributed by atoms with E-state index < -0.39 is 6.10 Å². The molecular weight excluding hydrogens is 238 g/mol. The van der Waals surface area contributed by atoms with Gasteiger partial charge >= 0.3 is 0 Å². The number of nitrogens with one attached hydrogen (secondary N) is 1. The Morgan fingerprint density at radius 3 is 2.47 bits per heavy atom. The summed E-state index contributed by atoms with van der Waals surface area (Å²) < 4.78 is 5.68. The molecule has 1 unspecified atom stereocenters. The summed E-state index contributed by atoms with van der Waals surface area (Å²) in [6.07, 6.45) is 3.22. The monoisotopic (exact) mass is 261 g/mol. The molecule has 3 heteroatoms. The number of rotatable bonds is 5. The van der Waals surface area contributed by atoms with Gasteiger partial charge in [0.2, 0.25) is 0 Å². The molecule has 104 valence electrons. The van der Waals surface area contributed by atoms with E-state index in [4.69, 9.17) is 4.74 Å². The second kappa shape index (κ2) is 7.10. The summed E-state index contributed by atoms with van der Waals surface area (Å²) in [6, 6.07) is 9.55. The lowest BCUT2D eigenvalue weighted by molar-refractivity contribution is -0.134. The van der Waals surface area contributed by atoms with Crippen LogP contribution in [0.5, 0.6) is 0 Å². The third-order valence-corrected chi connectivity index (χ3v) is 2.43. The summed E-state index contributed by atoms with van der Waals surface area (Å²) >= 11 is 0. The zero-order chi connectivity index (χ0) is 14.3. The highest BCUT2D eigenvalue weighted by Gasteiger charge is 2.24. The van der Waals surface area contributed by atoms with E-state index in [1.165, 1.54) is 0 Å². The van der Waals surface area contributed by atoms with Gasteiger partial charge < -0.3 is 10.1 Å². The molecule has 0 saturated carbocycles. The number of ether oxygens (including phenoxy) is 1. The normalized spacial score (nSPS) is 13.5. The minimum absolute atomic E-state index is 0.108. The SMILES string of the molecule is C/C=C/COC(C(=O)NC(C)(C)C)c1ccccc1. The number of hydrogen-bond acceptors (Lipinski definition) is 2. The van der Waals surface area contributed by atoms with Crippen LogP contribution in [0.15, 0.2) is 42.5 Å². The Kier molecular flexibility index (Phi) is 5.77.